The van der Waals surface area contributed by atoms with Crippen LogP contribution in [0.1, 0.15) is 31.9 Å². The third-order valence-electron chi connectivity index (χ3n) is 2.60. The van der Waals surface area contributed by atoms with Crippen LogP contribution in [-0.2, 0) is 9.53 Å². The van der Waals surface area contributed by atoms with Gasteiger partial charge in [-0.25, -0.2) is 4.79 Å². The van der Waals surface area contributed by atoms with Crippen LogP contribution in [0.2, 0.25) is 0 Å². The molecule has 1 rings (SSSR count). The lowest BCUT2D eigenvalue weighted by atomic mass is 10.1. The molecule has 1 aromatic rings. The number of hydrogen-bond acceptors (Lipinski definition) is 2. The smallest absolute Gasteiger partial charge is 0.331 e. The van der Waals surface area contributed by atoms with Gasteiger partial charge in [0.15, 0.2) is 0 Å². The summed E-state index contributed by atoms with van der Waals surface area (Å²) in [7, 11) is 0. The lowest BCUT2D eigenvalue weighted by Crippen LogP contribution is -2.04. The normalized spacial score (nSPS) is 13.4. The number of hydrogen-bond donors (Lipinski definition) is 1. The van der Waals surface area contributed by atoms with Gasteiger partial charge in [0.05, 0.1) is 12.7 Å². The molecule has 17 heavy (non-hydrogen) atoms. The van der Waals surface area contributed by atoms with Crippen LogP contribution in [-0.4, -0.2) is 17.7 Å². The first-order valence-electron chi connectivity index (χ1n) is 5.74. The van der Waals surface area contributed by atoms with E-state index in [1.807, 2.05) is 44.2 Å². The summed E-state index contributed by atoms with van der Waals surface area (Å²) in [5.74, 6) is -0.872. The number of rotatable bonds is 6. The molecule has 0 aliphatic heterocycles. The maximum Gasteiger partial charge on any atom is 0.331 e. The lowest BCUT2D eigenvalue weighted by Gasteiger charge is -2.11. The van der Waals surface area contributed by atoms with Crippen molar-refractivity contribution in [1.82, 2.24) is 0 Å². The fourth-order valence-electron chi connectivity index (χ4n) is 1.50. The molecule has 0 saturated heterocycles. The van der Waals surface area contributed by atoms with E-state index < -0.39 is 5.97 Å². The molecule has 0 fully saturated rings. The second kappa shape index (κ2) is 6.86. The van der Waals surface area contributed by atoms with E-state index in [0.717, 1.165) is 5.56 Å². The Morgan fingerprint density at radius 1 is 1.41 bits per heavy atom. The van der Waals surface area contributed by atoms with E-state index in [-0.39, 0.29) is 6.10 Å². The van der Waals surface area contributed by atoms with E-state index >= 15 is 0 Å². The van der Waals surface area contributed by atoms with Gasteiger partial charge in [0.1, 0.15) is 0 Å². The van der Waals surface area contributed by atoms with Gasteiger partial charge >= 0.3 is 5.97 Å². The van der Waals surface area contributed by atoms with Crippen LogP contribution < -0.4 is 0 Å². The number of carbonyl (C=O) groups is 1. The first-order chi connectivity index (χ1) is 8.15. The van der Waals surface area contributed by atoms with E-state index in [4.69, 9.17) is 9.84 Å². The molecule has 0 heterocycles. The minimum absolute atomic E-state index is 0.0284. The second-order valence-electron chi connectivity index (χ2n) is 3.77. The van der Waals surface area contributed by atoms with E-state index in [0.29, 0.717) is 18.6 Å². The van der Waals surface area contributed by atoms with Crippen LogP contribution in [0.25, 0.3) is 0 Å². The van der Waals surface area contributed by atoms with Gasteiger partial charge in [0.2, 0.25) is 0 Å². The molecule has 92 valence electrons. The van der Waals surface area contributed by atoms with Gasteiger partial charge in [0, 0.05) is 5.57 Å². The van der Waals surface area contributed by atoms with Gasteiger partial charge in [-0.1, -0.05) is 37.3 Å². The zero-order valence-electron chi connectivity index (χ0n) is 10.2. The van der Waals surface area contributed by atoms with Gasteiger partial charge in [-0.2, -0.15) is 0 Å². The Morgan fingerprint density at radius 2 is 2.06 bits per heavy atom. The van der Waals surface area contributed by atoms with Crippen molar-refractivity contribution in [3.63, 3.8) is 0 Å². The molecular weight excluding hydrogens is 216 g/mol. The van der Waals surface area contributed by atoms with E-state index in [9.17, 15) is 4.79 Å². The average Bonchev–Trinajstić information content (AvgIpc) is 2.35. The maximum absolute atomic E-state index is 10.8. The van der Waals surface area contributed by atoms with Crippen molar-refractivity contribution in [2.45, 2.75) is 26.4 Å². The third kappa shape index (κ3) is 4.41. The molecule has 0 spiro atoms. The highest BCUT2D eigenvalue weighted by atomic mass is 16.5. The van der Waals surface area contributed by atoms with Gasteiger partial charge < -0.3 is 9.84 Å². The minimum atomic E-state index is -0.872. The maximum atomic E-state index is 10.8. The van der Waals surface area contributed by atoms with Crippen molar-refractivity contribution >= 4 is 5.97 Å². The number of benzene rings is 1. The average molecular weight is 234 g/mol. The van der Waals surface area contributed by atoms with Crippen molar-refractivity contribution in [2.24, 2.45) is 0 Å². The summed E-state index contributed by atoms with van der Waals surface area (Å²) in [5.41, 5.74) is 1.49. The van der Waals surface area contributed by atoms with Crippen molar-refractivity contribution in [3.8, 4) is 0 Å². The van der Waals surface area contributed by atoms with Gasteiger partial charge in [-0.15, -0.1) is 0 Å². The molecule has 3 nitrogen and oxygen atoms in total. The van der Waals surface area contributed by atoms with Crippen molar-refractivity contribution < 1.29 is 14.6 Å². The molecule has 0 amide bonds. The Morgan fingerprint density at radius 3 is 2.59 bits per heavy atom. The van der Waals surface area contributed by atoms with Gasteiger partial charge in [-0.3, -0.25) is 0 Å². The van der Waals surface area contributed by atoms with Crippen LogP contribution >= 0.6 is 0 Å². The van der Waals surface area contributed by atoms with Crippen LogP contribution in [0.15, 0.2) is 42.0 Å². The fourth-order valence-corrected chi connectivity index (χ4v) is 1.50. The first kappa shape index (κ1) is 13.5. The standard InChI is InChI=1S/C14H18O3/c1-3-12(14(15)16)9-10-17-11(2)13-7-5-4-6-8-13/h4-9,11H,3,10H2,1-2H3,(H,15,16). The summed E-state index contributed by atoms with van der Waals surface area (Å²) in [4.78, 5) is 10.8. The number of aliphatic carboxylic acids is 1. The molecule has 1 unspecified atom stereocenters. The molecule has 0 aromatic heterocycles. The van der Waals surface area contributed by atoms with Crippen molar-refractivity contribution in [3.05, 3.63) is 47.5 Å². The predicted molar refractivity (Wildman–Crippen MR) is 66.8 cm³/mol. The molecule has 0 bridgehead atoms. The Hall–Kier alpha value is -1.61. The summed E-state index contributed by atoms with van der Waals surface area (Å²) in [6.45, 7) is 4.10. The molecule has 1 N–H and O–H groups in total. The number of carboxylic acid groups (broad SMARTS) is 1. The predicted octanol–water partition coefficient (Wildman–Crippen LogP) is 3.19. The molecule has 0 radical (unpaired) electrons. The highest BCUT2D eigenvalue weighted by Crippen LogP contribution is 2.15. The minimum Gasteiger partial charge on any atom is -0.478 e. The highest BCUT2D eigenvalue weighted by molar-refractivity contribution is 5.86. The fraction of sp³-hybridized carbons (Fsp3) is 0.357. The van der Waals surface area contributed by atoms with E-state index in [1.165, 1.54) is 0 Å². The molecule has 1 atom stereocenters. The summed E-state index contributed by atoms with van der Waals surface area (Å²) in [6, 6.07) is 9.86. The molecule has 0 aliphatic carbocycles. The third-order valence-corrected chi connectivity index (χ3v) is 2.60. The lowest BCUT2D eigenvalue weighted by molar-refractivity contribution is -0.132. The topological polar surface area (TPSA) is 46.5 Å². The second-order valence-corrected chi connectivity index (χ2v) is 3.77. The van der Waals surface area contributed by atoms with Crippen LogP contribution in [0.5, 0.6) is 0 Å². The molecule has 1 aromatic carbocycles. The van der Waals surface area contributed by atoms with Crippen molar-refractivity contribution in [2.75, 3.05) is 6.61 Å². The highest BCUT2D eigenvalue weighted by Gasteiger charge is 2.06. The van der Waals surface area contributed by atoms with Gasteiger partial charge in [-0.05, 0) is 25.0 Å². The first-order valence-corrected chi connectivity index (χ1v) is 5.74. The Balaban J connectivity index is 2.49. The zero-order chi connectivity index (χ0) is 12.7. The Labute approximate surface area is 102 Å². The largest absolute Gasteiger partial charge is 0.478 e. The number of carboxylic acids is 1. The Kier molecular flexibility index (Phi) is 5.43. The van der Waals surface area contributed by atoms with Gasteiger partial charge in [0.25, 0.3) is 0 Å². The number of ether oxygens (including phenoxy) is 1. The van der Waals surface area contributed by atoms with Crippen LogP contribution in [0.3, 0.4) is 0 Å². The molecular formula is C14H18O3. The summed E-state index contributed by atoms with van der Waals surface area (Å²) >= 11 is 0. The molecule has 0 aliphatic rings. The quantitative estimate of drug-likeness (QED) is 0.769. The zero-order valence-corrected chi connectivity index (χ0v) is 10.2. The summed E-state index contributed by atoms with van der Waals surface area (Å²) in [5, 5.41) is 8.83. The van der Waals surface area contributed by atoms with Crippen molar-refractivity contribution in [1.29, 1.82) is 0 Å². The van der Waals surface area contributed by atoms with E-state index in [2.05, 4.69) is 0 Å². The SMILES string of the molecule is CCC(=CCOC(C)c1ccccc1)C(=O)O. The van der Waals surface area contributed by atoms with Crippen LogP contribution in [0.4, 0.5) is 0 Å². The Bertz CT molecular complexity index is 382. The molecule has 0 saturated carbocycles. The van der Waals surface area contributed by atoms with E-state index in [1.54, 1.807) is 6.08 Å². The summed E-state index contributed by atoms with van der Waals surface area (Å²) in [6.07, 6.45) is 2.11. The summed E-state index contributed by atoms with van der Waals surface area (Å²) < 4.78 is 5.57. The monoisotopic (exact) mass is 234 g/mol. The molecule has 3 heteroatoms. The van der Waals surface area contributed by atoms with Crippen LogP contribution in [0, 0.1) is 0 Å².